The lowest BCUT2D eigenvalue weighted by Crippen LogP contribution is -1.95. The Hall–Kier alpha value is -2.58. The summed E-state index contributed by atoms with van der Waals surface area (Å²) in [6.45, 7) is 0.581. The minimum Gasteiger partial charge on any atom is -0.489 e. The Kier molecular flexibility index (Phi) is 4.52. The molecule has 0 saturated carbocycles. The molecule has 2 heteroatoms. The van der Waals surface area contributed by atoms with Crippen molar-refractivity contribution in [1.29, 1.82) is 0 Å². The van der Waals surface area contributed by atoms with Gasteiger partial charge in [0.2, 0.25) is 0 Å². The van der Waals surface area contributed by atoms with E-state index in [2.05, 4.69) is 0 Å². The molecule has 0 radical (unpaired) electrons. The van der Waals surface area contributed by atoms with Crippen LogP contribution < -0.4 is 4.74 Å². The van der Waals surface area contributed by atoms with Crippen LogP contribution in [0.1, 0.15) is 11.1 Å². The topological polar surface area (TPSA) is 29.5 Å². The summed E-state index contributed by atoms with van der Waals surface area (Å²) in [7, 11) is 0. The highest BCUT2D eigenvalue weighted by Crippen LogP contribution is 2.27. The van der Waals surface area contributed by atoms with Crippen LogP contribution in [0, 0.1) is 0 Å². The molecular weight excluding hydrogens is 272 g/mol. The zero-order chi connectivity index (χ0) is 15.2. The van der Waals surface area contributed by atoms with Crippen LogP contribution in [0.5, 0.6) is 5.75 Å². The highest BCUT2D eigenvalue weighted by Gasteiger charge is 2.05. The summed E-state index contributed by atoms with van der Waals surface area (Å²) in [5, 5.41) is 9.47. The lowest BCUT2D eigenvalue weighted by Gasteiger charge is -2.10. The Labute approximate surface area is 130 Å². The Morgan fingerprint density at radius 1 is 0.773 bits per heavy atom. The molecule has 0 aliphatic rings. The molecule has 22 heavy (non-hydrogen) atoms. The Balaban J connectivity index is 1.81. The van der Waals surface area contributed by atoms with Gasteiger partial charge in [0, 0.05) is 0 Å². The normalized spacial score (nSPS) is 10.4. The molecule has 0 aliphatic heterocycles. The van der Waals surface area contributed by atoms with E-state index in [1.165, 1.54) is 0 Å². The van der Waals surface area contributed by atoms with Crippen molar-refractivity contribution >= 4 is 0 Å². The quantitative estimate of drug-likeness (QED) is 0.753. The molecule has 0 bridgehead atoms. The van der Waals surface area contributed by atoms with Gasteiger partial charge in [0.15, 0.2) is 0 Å². The molecule has 0 unspecified atom stereocenters. The van der Waals surface area contributed by atoms with Crippen molar-refractivity contribution in [1.82, 2.24) is 0 Å². The molecule has 0 aliphatic carbocycles. The number of hydrogen-bond donors (Lipinski definition) is 1. The van der Waals surface area contributed by atoms with Crippen molar-refractivity contribution < 1.29 is 9.84 Å². The highest BCUT2D eigenvalue weighted by molar-refractivity contribution is 5.68. The molecule has 0 saturated heterocycles. The minimum absolute atomic E-state index is 0.0330. The molecule has 3 aromatic rings. The molecule has 1 N–H and O–H groups in total. The van der Waals surface area contributed by atoms with Crippen molar-refractivity contribution in [3.05, 3.63) is 90.0 Å². The average molecular weight is 290 g/mol. The maximum absolute atomic E-state index is 9.47. The van der Waals surface area contributed by atoms with E-state index >= 15 is 0 Å². The van der Waals surface area contributed by atoms with E-state index in [0.717, 1.165) is 28.0 Å². The number of hydrogen-bond acceptors (Lipinski definition) is 2. The summed E-state index contributed by atoms with van der Waals surface area (Å²) in [6.07, 6.45) is 0. The Morgan fingerprint density at radius 3 is 2.36 bits per heavy atom. The first-order chi connectivity index (χ1) is 10.9. The fourth-order valence-corrected chi connectivity index (χ4v) is 2.43. The molecule has 0 amide bonds. The molecule has 3 aromatic carbocycles. The van der Waals surface area contributed by atoms with Gasteiger partial charge in [-0.15, -0.1) is 0 Å². The van der Waals surface area contributed by atoms with Gasteiger partial charge >= 0.3 is 0 Å². The molecule has 2 nitrogen and oxygen atoms in total. The first kappa shape index (κ1) is 14.4. The van der Waals surface area contributed by atoms with Crippen LogP contribution in [0.2, 0.25) is 0 Å². The molecule has 0 fully saturated rings. The third-order valence-electron chi connectivity index (χ3n) is 3.58. The van der Waals surface area contributed by atoms with Crippen LogP contribution in [-0.2, 0) is 13.2 Å². The predicted octanol–water partition coefficient (Wildman–Crippen LogP) is 4.42. The second-order valence-corrected chi connectivity index (χ2v) is 5.12. The predicted molar refractivity (Wildman–Crippen MR) is 88.6 cm³/mol. The van der Waals surface area contributed by atoms with Gasteiger partial charge in [-0.1, -0.05) is 66.7 Å². The molecular formula is C20H18O2. The molecule has 3 rings (SSSR count). The lowest BCUT2D eigenvalue weighted by molar-refractivity contribution is 0.282. The van der Waals surface area contributed by atoms with Gasteiger partial charge in [0.1, 0.15) is 12.4 Å². The second-order valence-electron chi connectivity index (χ2n) is 5.12. The van der Waals surface area contributed by atoms with Crippen molar-refractivity contribution in [3.8, 4) is 16.9 Å². The fraction of sp³-hybridized carbons (Fsp3) is 0.100. The van der Waals surface area contributed by atoms with E-state index in [4.69, 9.17) is 4.74 Å². The maximum atomic E-state index is 9.47. The first-order valence-corrected chi connectivity index (χ1v) is 7.33. The van der Waals surface area contributed by atoms with Gasteiger partial charge in [-0.2, -0.15) is 0 Å². The van der Waals surface area contributed by atoms with Crippen molar-refractivity contribution in [2.45, 2.75) is 13.2 Å². The van der Waals surface area contributed by atoms with E-state index in [1.54, 1.807) is 0 Å². The SMILES string of the molecule is OCc1ccccc1-c1cccc(OCc2ccccc2)c1. The van der Waals surface area contributed by atoms with Gasteiger partial charge in [0.25, 0.3) is 0 Å². The van der Waals surface area contributed by atoms with E-state index in [0.29, 0.717) is 6.61 Å². The largest absolute Gasteiger partial charge is 0.489 e. The van der Waals surface area contributed by atoms with Crippen LogP contribution >= 0.6 is 0 Å². The van der Waals surface area contributed by atoms with Gasteiger partial charge < -0.3 is 9.84 Å². The van der Waals surface area contributed by atoms with E-state index in [1.807, 2.05) is 78.9 Å². The Bertz CT molecular complexity index is 735. The van der Waals surface area contributed by atoms with Crippen molar-refractivity contribution in [2.24, 2.45) is 0 Å². The van der Waals surface area contributed by atoms with Crippen molar-refractivity contribution in [3.63, 3.8) is 0 Å². The second kappa shape index (κ2) is 6.92. The van der Waals surface area contributed by atoms with E-state index in [-0.39, 0.29) is 6.61 Å². The van der Waals surface area contributed by atoms with E-state index in [9.17, 15) is 5.11 Å². The maximum Gasteiger partial charge on any atom is 0.120 e. The standard InChI is InChI=1S/C20H18O2/c21-14-18-9-4-5-12-20(18)17-10-6-11-19(13-17)22-15-16-7-2-1-3-8-16/h1-13,21H,14-15H2. The van der Waals surface area contributed by atoms with Crippen LogP contribution in [0.3, 0.4) is 0 Å². The summed E-state index contributed by atoms with van der Waals surface area (Å²) >= 11 is 0. The molecule has 0 aromatic heterocycles. The summed E-state index contributed by atoms with van der Waals surface area (Å²) < 4.78 is 5.87. The highest BCUT2D eigenvalue weighted by atomic mass is 16.5. The monoisotopic (exact) mass is 290 g/mol. The molecule has 0 atom stereocenters. The third kappa shape index (κ3) is 3.35. The number of aliphatic hydroxyl groups excluding tert-OH is 1. The molecule has 0 heterocycles. The summed E-state index contributed by atoms with van der Waals surface area (Å²) in [6, 6.07) is 25.9. The number of ether oxygens (including phenoxy) is 1. The van der Waals surface area contributed by atoms with Gasteiger partial charge in [-0.3, -0.25) is 0 Å². The summed E-state index contributed by atoms with van der Waals surface area (Å²) in [5.41, 5.74) is 4.15. The van der Waals surface area contributed by atoms with Gasteiger partial charge in [0.05, 0.1) is 6.61 Å². The lowest BCUT2D eigenvalue weighted by atomic mass is 10.00. The average Bonchev–Trinajstić information content (AvgIpc) is 2.61. The minimum atomic E-state index is 0.0330. The van der Waals surface area contributed by atoms with Crippen molar-refractivity contribution in [2.75, 3.05) is 0 Å². The zero-order valence-electron chi connectivity index (χ0n) is 12.3. The number of rotatable bonds is 5. The summed E-state index contributed by atoms with van der Waals surface area (Å²) in [4.78, 5) is 0. The molecule has 110 valence electrons. The third-order valence-corrected chi connectivity index (χ3v) is 3.58. The first-order valence-electron chi connectivity index (χ1n) is 7.33. The van der Waals surface area contributed by atoms with E-state index < -0.39 is 0 Å². The Morgan fingerprint density at radius 2 is 1.55 bits per heavy atom. The fourth-order valence-electron chi connectivity index (χ4n) is 2.43. The molecule has 0 spiro atoms. The zero-order valence-corrected chi connectivity index (χ0v) is 12.3. The smallest absolute Gasteiger partial charge is 0.120 e. The van der Waals surface area contributed by atoms with Gasteiger partial charge in [-0.25, -0.2) is 0 Å². The number of benzene rings is 3. The summed E-state index contributed by atoms with van der Waals surface area (Å²) in [5.74, 6) is 0.828. The van der Waals surface area contributed by atoms with Crippen LogP contribution in [0.25, 0.3) is 11.1 Å². The number of aliphatic hydroxyl groups is 1. The van der Waals surface area contributed by atoms with Gasteiger partial charge in [-0.05, 0) is 34.4 Å². The van der Waals surface area contributed by atoms with Crippen LogP contribution in [-0.4, -0.2) is 5.11 Å². The van der Waals surface area contributed by atoms with Crippen LogP contribution in [0.4, 0.5) is 0 Å². The van der Waals surface area contributed by atoms with Crippen LogP contribution in [0.15, 0.2) is 78.9 Å².